The van der Waals surface area contributed by atoms with E-state index in [2.05, 4.69) is 15.5 Å². The Morgan fingerprint density at radius 3 is 2.61 bits per heavy atom. The van der Waals surface area contributed by atoms with Gasteiger partial charge in [0.15, 0.2) is 0 Å². The molecule has 1 aromatic heterocycles. The standard InChI is InChI=1S/C21H22N4O5S/c1-14-6-7-15(12-19(14)31(28,29)25-8-10-30-11-9-25)22-20(26)13-18-16-4-2-3-5-17(16)21(27)24-23-18/h2-7,12H,8-11,13H2,1H3,(H,22,26)(H,24,27). The number of ether oxygens (including phenoxy) is 1. The van der Waals surface area contributed by atoms with Gasteiger partial charge in [-0.1, -0.05) is 24.3 Å². The van der Waals surface area contributed by atoms with Gasteiger partial charge in [0, 0.05) is 24.2 Å². The molecule has 1 saturated heterocycles. The summed E-state index contributed by atoms with van der Waals surface area (Å²) in [5, 5.41) is 10.2. The van der Waals surface area contributed by atoms with E-state index in [0.717, 1.165) is 0 Å². The van der Waals surface area contributed by atoms with Gasteiger partial charge in [0.25, 0.3) is 5.56 Å². The Morgan fingerprint density at radius 2 is 1.87 bits per heavy atom. The summed E-state index contributed by atoms with van der Waals surface area (Å²) in [5.41, 5.74) is 1.08. The lowest BCUT2D eigenvalue weighted by atomic mass is 10.1. The van der Waals surface area contributed by atoms with Crippen molar-refractivity contribution in [1.29, 1.82) is 0 Å². The fourth-order valence-electron chi connectivity index (χ4n) is 3.55. The van der Waals surface area contributed by atoms with Gasteiger partial charge in [0.2, 0.25) is 15.9 Å². The number of amides is 1. The van der Waals surface area contributed by atoms with E-state index in [4.69, 9.17) is 4.74 Å². The Labute approximate surface area is 179 Å². The third-order valence-electron chi connectivity index (χ3n) is 5.16. The van der Waals surface area contributed by atoms with Crippen LogP contribution in [0.3, 0.4) is 0 Å². The highest BCUT2D eigenvalue weighted by molar-refractivity contribution is 7.89. The zero-order valence-electron chi connectivity index (χ0n) is 16.9. The number of benzene rings is 2. The number of anilines is 1. The molecule has 1 fully saturated rings. The Hall–Kier alpha value is -3.08. The molecular weight excluding hydrogens is 420 g/mol. The number of sulfonamides is 1. The van der Waals surface area contributed by atoms with Gasteiger partial charge in [-0.25, -0.2) is 13.5 Å². The Morgan fingerprint density at radius 1 is 1.16 bits per heavy atom. The fraction of sp³-hybridized carbons (Fsp3) is 0.286. The molecule has 162 valence electrons. The molecule has 4 rings (SSSR count). The smallest absolute Gasteiger partial charge is 0.272 e. The minimum Gasteiger partial charge on any atom is -0.379 e. The first-order valence-corrected chi connectivity index (χ1v) is 11.2. The number of morpholine rings is 1. The van der Waals surface area contributed by atoms with Gasteiger partial charge >= 0.3 is 0 Å². The van der Waals surface area contributed by atoms with Crippen LogP contribution in [0, 0.1) is 6.92 Å². The lowest BCUT2D eigenvalue weighted by molar-refractivity contribution is -0.115. The van der Waals surface area contributed by atoms with E-state index in [1.54, 1.807) is 43.3 Å². The third kappa shape index (κ3) is 4.36. The van der Waals surface area contributed by atoms with Crippen LogP contribution in [-0.2, 0) is 26.0 Å². The van der Waals surface area contributed by atoms with Crippen LogP contribution in [0.25, 0.3) is 10.8 Å². The van der Waals surface area contributed by atoms with Crippen LogP contribution >= 0.6 is 0 Å². The molecule has 1 aliphatic rings. The number of aromatic amines is 1. The molecule has 1 amide bonds. The van der Waals surface area contributed by atoms with Crippen LogP contribution < -0.4 is 10.9 Å². The summed E-state index contributed by atoms with van der Waals surface area (Å²) in [7, 11) is -3.69. The first-order chi connectivity index (χ1) is 14.9. The largest absolute Gasteiger partial charge is 0.379 e. The summed E-state index contributed by atoms with van der Waals surface area (Å²) in [6, 6.07) is 11.7. The topological polar surface area (TPSA) is 121 Å². The Bertz CT molecular complexity index is 1300. The summed E-state index contributed by atoms with van der Waals surface area (Å²) in [6.45, 7) is 3.02. The number of hydrogen-bond acceptors (Lipinski definition) is 6. The quantitative estimate of drug-likeness (QED) is 0.617. The number of hydrogen-bond donors (Lipinski definition) is 2. The van der Waals surface area contributed by atoms with Crippen molar-refractivity contribution < 1.29 is 17.9 Å². The number of fused-ring (bicyclic) bond motifs is 1. The van der Waals surface area contributed by atoms with Gasteiger partial charge in [0.05, 0.1) is 35.6 Å². The summed E-state index contributed by atoms with van der Waals surface area (Å²) >= 11 is 0. The molecule has 0 spiro atoms. The zero-order valence-corrected chi connectivity index (χ0v) is 17.7. The molecule has 0 atom stereocenters. The molecule has 9 nitrogen and oxygen atoms in total. The molecule has 0 aliphatic carbocycles. The predicted octanol–water partition coefficient (Wildman–Crippen LogP) is 1.43. The third-order valence-corrected chi connectivity index (χ3v) is 7.20. The number of nitrogens with zero attached hydrogens (tertiary/aromatic N) is 2. The van der Waals surface area contributed by atoms with E-state index >= 15 is 0 Å². The van der Waals surface area contributed by atoms with Crippen LogP contribution in [0.2, 0.25) is 0 Å². The number of rotatable bonds is 5. The highest BCUT2D eigenvalue weighted by atomic mass is 32.2. The van der Waals surface area contributed by atoms with Gasteiger partial charge in [-0.2, -0.15) is 9.40 Å². The van der Waals surface area contributed by atoms with Gasteiger partial charge in [-0.05, 0) is 30.7 Å². The zero-order chi connectivity index (χ0) is 22.0. The Kier molecular flexibility index (Phi) is 5.86. The van der Waals surface area contributed by atoms with Crippen LogP contribution in [0.1, 0.15) is 11.3 Å². The maximum absolute atomic E-state index is 13.0. The second-order valence-corrected chi connectivity index (χ2v) is 9.17. The molecular formula is C21H22N4O5S. The highest BCUT2D eigenvalue weighted by Crippen LogP contribution is 2.24. The van der Waals surface area contributed by atoms with E-state index in [1.807, 2.05) is 0 Å². The first-order valence-electron chi connectivity index (χ1n) is 9.81. The van der Waals surface area contributed by atoms with Crippen molar-refractivity contribution in [3.8, 4) is 0 Å². The average Bonchev–Trinajstić information content (AvgIpc) is 2.78. The average molecular weight is 442 g/mol. The fourth-order valence-corrected chi connectivity index (χ4v) is 5.20. The number of H-pyrrole nitrogens is 1. The van der Waals surface area contributed by atoms with Crippen LogP contribution in [-0.4, -0.2) is 55.1 Å². The van der Waals surface area contributed by atoms with Crippen molar-refractivity contribution in [2.45, 2.75) is 18.2 Å². The number of aryl methyl sites for hydroxylation is 1. The molecule has 3 aromatic rings. The van der Waals surface area contributed by atoms with Crippen molar-refractivity contribution in [2.24, 2.45) is 0 Å². The number of carbonyl (C=O) groups is 1. The molecule has 0 unspecified atom stereocenters. The van der Waals surface area contributed by atoms with E-state index in [-0.39, 0.29) is 22.8 Å². The molecule has 2 aromatic carbocycles. The normalized spacial score (nSPS) is 15.1. The van der Waals surface area contributed by atoms with E-state index < -0.39 is 10.0 Å². The molecule has 2 heterocycles. The van der Waals surface area contributed by atoms with Gasteiger partial charge in [-0.3, -0.25) is 9.59 Å². The monoisotopic (exact) mass is 442 g/mol. The lowest BCUT2D eigenvalue weighted by Crippen LogP contribution is -2.40. The SMILES string of the molecule is Cc1ccc(NC(=O)Cc2n[nH]c(=O)c3ccccc23)cc1S(=O)(=O)N1CCOCC1. The van der Waals surface area contributed by atoms with E-state index in [1.165, 1.54) is 10.4 Å². The summed E-state index contributed by atoms with van der Waals surface area (Å²) in [6.07, 6.45) is -0.0727. The molecule has 0 bridgehead atoms. The molecule has 0 saturated carbocycles. The number of aromatic nitrogens is 2. The number of nitrogens with one attached hydrogen (secondary N) is 2. The Balaban J connectivity index is 1.56. The predicted molar refractivity (Wildman–Crippen MR) is 115 cm³/mol. The highest BCUT2D eigenvalue weighted by Gasteiger charge is 2.28. The van der Waals surface area contributed by atoms with Crippen molar-refractivity contribution >= 4 is 32.4 Å². The van der Waals surface area contributed by atoms with Gasteiger partial charge in [-0.15, -0.1) is 0 Å². The second kappa shape index (κ2) is 8.58. The summed E-state index contributed by atoms with van der Waals surface area (Å²) in [4.78, 5) is 24.7. The first kappa shape index (κ1) is 21.2. The molecule has 31 heavy (non-hydrogen) atoms. The lowest BCUT2D eigenvalue weighted by Gasteiger charge is -2.26. The van der Waals surface area contributed by atoms with Crippen molar-refractivity contribution in [3.63, 3.8) is 0 Å². The minimum absolute atomic E-state index is 0.0727. The second-order valence-electron chi connectivity index (χ2n) is 7.27. The van der Waals surface area contributed by atoms with Crippen molar-refractivity contribution in [3.05, 3.63) is 64.1 Å². The van der Waals surface area contributed by atoms with Crippen molar-refractivity contribution in [2.75, 3.05) is 31.6 Å². The molecule has 2 N–H and O–H groups in total. The van der Waals surface area contributed by atoms with Crippen LogP contribution in [0.15, 0.2) is 52.2 Å². The summed E-state index contributed by atoms with van der Waals surface area (Å²) in [5.74, 6) is -0.372. The minimum atomic E-state index is -3.69. The summed E-state index contributed by atoms with van der Waals surface area (Å²) < 4.78 is 32.7. The maximum atomic E-state index is 13.0. The number of carbonyl (C=O) groups excluding carboxylic acids is 1. The van der Waals surface area contributed by atoms with Crippen molar-refractivity contribution in [1.82, 2.24) is 14.5 Å². The van der Waals surface area contributed by atoms with Gasteiger partial charge < -0.3 is 10.1 Å². The molecule has 0 radical (unpaired) electrons. The maximum Gasteiger partial charge on any atom is 0.272 e. The van der Waals surface area contributed by atoms with E-state index in [9.17, 15) is 18.0 Å². The van der Waals surface area contributed by atoms with Crippen LogP contribution in [0.5, 0.6) is 0 Å². The van der Waals surface area contributed by atoms with Crippen LogP contribution in [0.4, 0.5) is 5.69 Å². The molecule has 10 heteroatoms. The van der Waals surface area contributed by atoms with E-state index in [0.29, 0.717) is 54.0 Å². The molecule has 1 aliphatic heterocycles. The van der Waals surface area contributed by atoms with Gasteiger partial charge in [0.1, 0.15) is 0 Å².